The molecule has 0 saturated heterocycles. The number of rotatable bonds is 35. The van der Waals surface area contributed by atoms with E-state index in [-0.39, 0.29) is 99.0 Å². The number of carbonyl (C=O) groups excluding carboxylic acids is 6. The second kappa shape index (κ2) is 31.6. The van der Waals surface area contributed by atoms with Gasteiger partial charge in [0.05, 0.1) is 108 Å². The van der Waals surface area contributed by atoms with Crippen LogP contribution in [-0.2, 0) is 82.3 Å². The number of nitrogens with one attached hydrogen (secondary N) is 5. The summed E-state index contributed by atoms with van der Waals surface area (Å²) < 4.78 is 55.3. The van der Waals surface area contributed by atoms with Crippen LogP contribution in [0.25, 0.3) is 22.3 Å². The number of aryl methyl sites for hydroxylation is 1. The largest absolute Gasteiger partial charge is 0.458 e. The van der Waals surface area contributed by atoms with Gasteiger partial charge in [-0.3, -0.25) is 24.0 Å². The molecule has 0 saturated carbocycles. The molecule has 2 aromatic heterocycles. The van der Waals surface area contributed by atoms with E-state index in [1.54, 1.807) is 33.8 Å². The van der Waals surface area contributed by atoms with Gasteiger partial charge in [-0.05, 0) is 97.7 Å². The van der Waals surface area contributed by atoms with Crippen LogP contribution in [0, 0.1) is 24.6 Å². The summed E-state index contributed by atoms with van der Waals surface area (Å²) in [6.07, 6.45) is 0.185. The third kappa shape index (κ3) is 17.0. The Kier molecular flexibility index (Phi) is 24.5. The Labute approximate surface area is 499 Å². The van der Waals surface area contributed by atoms with Crippen LogP contribution in [0.1, 0.15) is 124 Å². The molecule has 2 aromatic carbocycles. The number of aliphatic hydroxyl groups excluding tert-OH is 1. The van der Waals surface area contributed by atoms with E-state index in [9.17, 15) is 43.8 Å². The predicted octanol–water partition coefficient (Wildman–Crippen LogP) is 3.91. The van der Waals surface area contributed by atoms with Gasteiger partial charge in [0.15, 0.2) is 11.7 Å². The highest BCUT2D eigenvalue weighted by molar-refractivity contribution is 5.99. The van der Waals surface area contributed by atoms with Gasteiger partial charge in [-0.15, -0.1) is 0 Å². The number of fused-ring (bicyclic) bond motifs is 5. The minimum absolute atomic E-state index is 0.0213. The van der Waals surface area contributed by atoms with E-state index in [0.717, 1.165) is 13.0 Å². The number of carbonyl (C=O) groups is 6. The average Bonchev–Trinajstić information content (AvgIpc) is 1.48. The topological polar surface area (TPSA) is 329 Å². The van der Waals surface area contributed by atoms with E-state index in [4.69, 9.17) is 43.9 Å². The molecule has 6 amide bonds. The number of pyridine rings is 2. The molecular formula is C61H83FN8O16. The van der Waals surface area contributed by atoms with E-state index in [0.29, 0.717) is 111 Å². The molecule has 25 heteroatoms. The molecule has 86 heavy (non-hydrogen) atoms. The fourth-order valence-corrected chi connectivity index (χ4v) is 10.6. The number of halogens is 1. The summed E-state index contributed by atoms with van der Waals surface area (Å²) in [4.78, 5) is 97.9. The molecule has 4 heterocycles. The molecule has 0 spiro atoms. The van der Waals surface area contributed by atoms with Crippen molar-refractivity contribution >= 4 is 52.2 Å². The number of esters is 1. The van der Waals surface area contributed by atoms with Crippen LogP contribution < -0.4 is 37.9 Å². The van der Waals surface area contributed by atoms with E-state index in [2.05, 4.69) is 40.4 Å². The van der Waals surface area contributed by atoms with Crippen LogP contribution in [-0.4, -0.2) is 153 Å². The van der Waals surface area contributed by atoms with Gasteiger partial charge in [0.25, 0.3) is 11.5 Å². The SMILES string of the molecule is CC[C@@]1(O)C(=O)OCc2c1cc1n(c2=O)Cc2c-1nc1cc(F)c(C)c3c1c2[C@@H](NC(=O)C(O)c1ccc(NC(=O)C(CCCNC(N)=O)NC(=O)[C@@H](NC(=O)CCOCCOCCOCCOCCOCCOCCC(C)C)C(C)C)cc1)CC3. The highest BCUT2D eigenvalue weighted by Crippen LogP contribution is 2.46. The lowest BCUT2D eigenvalue weighted by molar-refractivity contribution is -0.172. The van der Waals surface area contributed by atoms with Crippen LogP contribution in [0.5, 0.6) is 0 Å². The van der Waals surface area contributed by atoms with Crippen molar-refractivity contribution < 1.29 is 76.5 Å². The first-order chi connectivity index (χ1) is 41.2. The van der Waals surface area contributed by atoms with Crippen LogP contribution in [0.4, 0.5) is 14.9 Å². The summed E-state index contributed by atoms with van der Waals surface area (Å²) in [6, 6.07) is 5.05. The zero-order valence-corrected chi connectivity index (χ0v) is 49.9. The molecule has 0 radical (unpaired) electrons. The summed E-state index contributed by atoms with van der Waals surface area (Å²) in [5, 5.41) is 37.3. The lowest BCUT2D eigenvalue weighted by Crippen LogP contribution is -2.54. The molecule has 9 N–H and O–H groups in total. The first-order valence-corrected chi connectivity index (χ1v) is 29.5. The van der Waals surface area contributed by atoms with Crippen molar-refractivity contribution in [2.24, 2.45) is 17.6 Å². The number of anilines is 1. The fourth-order valence-electron chi connectivity index (χ4n) is 10.6. The monoisotopic (exact) mass is 1200 g/mol. The molecule has 470 valence electrons. The number of aromatic nitrogens is 2. The number of aliphatic hydroxyl groups is 2. The van der Waals surface area contributed by atoms with Gasteiger partial charge in [0.2, 0.25) is 17.7 Å². The number of nitrogens with zero attached hydrogens (tertiary/aromatic N) is 2. The van der Waals surface area contributed by atoms with Crippen molar-refractivity contribution in [3.8, 4) is 11.4 Å². The van der Waals surface area contributed by atoms with Gasteiger partial charge < -0.3 is 80.3 Å². The van der Waals surface area contributed by atoms with Crippen molar-refractivity contribution in [1.29, 1.82) is 0 Å². The molecule has 0 fully saturated rings. The molecule has 5 atom stereocenters. The van der Waals surface area contributed by atoms with Gasteiger partial charge in [-0.1, -0.05) is 46.8 Å². The lowest BCUT2D eigenvalue weighted by Gasteiger charge is -2.31. The van der Waals surface area contributed by atoms with E-state index >= 15 is 4.39 Å². The normalized spacial score (nSPS) is 16.9. The summed E-state index contributed by atoms with van der Waals surface area (Å²) >= 11 is 0. The second-order valence-corrected chi connectivity index (χ2v) is 22.3. The smallest absolute Gasteiger partial charge is 0.343 e. The maximum absolute atomic E-state index is 15.5. The van der Waals surface area contributed by atoms with Gasteiger partial charge in [-0.2, -0.15) is 0 Å². The summed E-state index contributed by atoms with van der Waals surface area (Å²) in [5.41, 5.74) is 6.61. The van der Waals surface area contributed by atoms with Gasteiger partial charge in [0.1, 0.15) is 24.5 Å². The number of ether oxygens (including phenoxy) is 7. The zero-order chi connectivity index (χ0) is 62.1. The Hall–Kier alpha value is -6.97. The van der Waals surface area contributed by atoms with Crippen LogP contribution in [0.3, 0.4) is 0 Å². The lowest BCUT2D eigenvalue weighted by atomic mass is 9.81. The predicted molar refractivity (Wildman–Crippen MR) is 313 cm³/mol. The molecular weight excluding hydrogens is 1120 g/mol. The number of primary amides is 1. The van der Waals surface area contributed by atoms with Crippen molar-refractivity contribution in [3.63, 3.8) is 0 Å². The Balaban J connectivity index is 0.893. The van der Waals surface area contributed by atoms with Gasteiger partial charge in [0, 0.05) is 47.8 Å². The number of nitrogens with two attached hydrogens (primary N) is 1. The third-order valence-corrected chi connectivity index (χ3v) is 15.5. The Morgan fingerprint density at radius 2 is 1.43 bits per heavy atom. The number of urea groups is 1. The number of hydrogen-bond donors (Lipinski definition) is 8. The average molecular weight is 1200 g/mol. The number of cyclic esters (lactones) is 1. The first kappa shape index (κ1) is 66.6. The molecule has 2 unspecified atom stereocenters. The van der Waals surface area contributed by atoms with E-state index in [1.165, 1.54) is 34.9 Å². The van der Waals surface area contributed by atoms with Crippen molar-refractivity contribution in [2.45, 2.75) is 129 Å². The molecule has 3 aliphatic rings. The first-order valence-electron chi connectivity index (χ1n) is 29.5. The van der Waals surface area contributed by atoms with Crippen molar-refractivity contribution in [3.05, 3.63) is 91.5 Å². The van der Waals surface area contributed by atoms with Crippen LogP contribution in [0.2, 0.25) is 0 Å². The van der Waals surface area contributed by atoms with Gasteiger partial charge >= 0.3 is 12.0 Å². The molecule has 7 rings (SSSR count). The number of amides is 6. The van der Waals surface area contributed by atoms with Crippen molar-refractivity contribution in [2.75, 3.05) is 91.1 Å². The summed E-state index contributed by atoms with van der Waals surface area (Å²) in [5.74, 6) is -3.60. The van der Waals surface area contributed by atoms with Crippen LogP contribution >= 0.6 is 0 Å². The molecule has 1 aliphatic carbocycles. The summed E-state index contributed by atoms with van der Waals surface area (Å²) in [7, 11) is 0. The van der Waals surface area contributed by atoms with Gasteiger partial charge in [-0.25, -0.2) is 19.0 Å². The zero-order valence-electron chi connectivity index (χ0n) is 49.9. The number of benzene rings is 2. The Bertz CT molecular complexity index is 3100. The highest BCUT2D eigenvalue weighted by atomic mass is 19.1. The van der Waals surface area contributed by atoms with Crippen LogP contribution in [0.15, 0.2) is 41.2 Å². The molecule has 24 nitrogen and oxygen atoms in total. The maximum atomic E-state index is 15.5. The van der Waals surface area contributed by atoms with E-state index in [1.807, 2.05) is 0 Å². The highest BCUT2D eigenvalue weighted by Gasteiger charge is 2.46. The minimum atomic E-state index is -2.07. The Morgan fingerprint density at radius 3 is 2.02 bits per heavy atom. The van der Waals surface area contributed by atoms with Crippen molar-refractivity contribution in [1.82, 2.24) is 30.8 Å². The fraction of sp³-hybridized carbons (Fsp3) is 0.574. The summed E-state index contributed by atoms with van der Waals surface area (Å²) in [6.45, 7) is 15.8. The maximum Gasteiger partial charge on any atom is 0.343 e. The Morgan fingerprint density at radius 1 is 0.814 bits per heavy atom. The minimum Gasteiger partial charge on any atom is -0.458 e. The second-order valence-electron chi connectivity index (χ2n) is 22.3. The molecule has 0 bridgehead atoms. The standard InChI is InChI=1S/C61H83FN8O16/c1-7-61(79)43-31-48-53-41(33-70(48)58(76)42(43)34-86-59(61)77)51-45(15-14-40-37(6)44(62)32-47(66-53)50(40)51)67-57(75)54(72)38-10-12-39(13-11-38)65-55(73)46(9-8-18-64-60(63)78)68-56(74)52(36(4)5)69-49(71)17-20-81-22-24-83-26-28-85-30-29-84-27-25-82-23-21-80-19-16-35(2)3/h10-13,31-32,35-36,45-46,52,54,72,79H,7-9,14-30,33-34H2,1-6H3,(H,65,73)(H,67,75)(H,68,74)(H,69,71)(H3,63,64,78)/t45-,46?,52-,54?,61-/m0/s1. The quantitative estimate of drug-likeness (QED) is 0.0211. The number of hydrogen-bond acceptors (Lipinski definition) is 17. The molecule has 2 aliphatic heterocycles. The molecule has 4 aromatic rings. The third-order valence-electron chi connectivity index (χ3n) is 15.5. The van der Waals surface area contributed by atoms with E-state index < -0.39 is 76.8 Å².